The number of alkyl halides is 3. The fourth-order valence-electron chi connectivity index (χ4n) is 3.77. The second kappa shape index (κ2) is 9.72. The maximum Gasteiger partial charge on any atom is 0.490 e. The summed E-state index contributed by atoms with van der Waals surface area (Å²) in [7, 11) is 0. The highest BCUT2D eigenvalue weighted by atomic mass is 19.4. The quantitative estimate of drug-likeness (QED) is 0.713. The molecule has 2 aliphatic rings. The van der Waals surface area contributed by atoms with Crippen LogP contribution in [0.1, 0.15) is 38.7 Å². The molecular formula is C20H25F5N2O3. The molecule has 3 rings (SSSR count). The Labute approximate surface area is 171 Å². The highest BCUT2D eigenvalue weighted by Crippen LogP contribution is 2.34. The predicted octanol–water partition coefficient (Wildman–Crippen LogP) is 3.82. The number of carbonyl (C=O) groups excluding carboxylic acids is 1. The zero-order valence-electron chi connectivity index (χ0n) is 16.8. The van der Waals surface area contributed by atoms with E-state index in [1.807, 2.05) is 0 Å². The number of rotatable bonds is 5. The molecule has 5 nitrogen and oxygen atoms in total. The van der Waals surface area contributed by atoms with Crippen LogP contribution in [0.2, 0.25) is 0 Å². The molecule has 168 valence electrons. The molecule has 2 fully saturated rings. The first-order valence-corrected chi connectivity index (χ1v) is 9.68. The molecule has 2 atom stereocenters. The average molecular weight is 436 g/mol. The van der Waals surface area contributed by atoms with Gasteiger partial charge in [-0.2, -0.15) is 13.2 Å². The van der Waals surface area contributed by atoms with E-state index in [9.17, 15) is 26.7 Å². The second-order valence-electron chi connectivity index (χ2n) is 7.88. The molecule has 2 saturated heterocycles. The van der Waals surface area contributed by atoms with E-state index >= 15 is 0 Å². The molecule has 0 aromatic heterocycles. The van der Waals surface area contributed by atoms with Crippen molar-refractivity contribution in [2.24, 2.45) is 5.92 Å². The van der Waals surface area contributed by atoms with Gasteiger partial charge in [0.2, 0.25) is 5.91 Å². The number of likely N-dealkylation sites (tertiary alicyclic amines) is 2. The molecule has 0 bridgehead atoms. The summed E-state index contributed by atoms with van der Waals surface area (Å²) in [5.41, 5.74) is 0.264. The van der Waals surface area contributed by atoms with Gasteiger partial charge in [0, 0.05) is 37.2 Å². The summed E-state index contributed by atoms with van der Waals surface area (Å²) < 4.78 is 59.0. The lowest BCUT2D eigenvalue weighted by atomic mass is 10.1. The maximum absolute atomic E-state index is 13.9. The van der Waals surface area contributed by atoms with Gasteiger partial charge in [0.05, 0.1) is 0 Å². The fourth-order valence-corrected chi connectivity index (χ4v) is 3.77. The molecule has 0 radical (unpaired) electrons. The van der Waals surface area contributed by atoms with Crippen LogP contribution in [0.3, 0.4) is 0 Å². The van der Waals surface area contributed by atoms with E-state index in [1.54, 1.807) is 11.0 Å². The number of carboxylic acids is 1. The molecule has 0 aliphatic carbocycles. The van der Waals surface area contributed by atoms with E-state index < -0.39 is 23.8 Å². The Balaban J connectivity index is 0.000000396. The van der Waals surface area contributed by atoms with Crippen LogP contribution in [0.15, 0.2) is 18.2 Å². The summed E-state index contributed by atoms with van der Waals surface area (Å²) in [4.78, 5) is 25.4. The van der Waals surface area contributed by atoms with Crippen molar-refractivity contribution in [1.29, 1.82) is 0 Å². The Morgan fingerprint density at radius 1 is 1.23 bits per heavy atom. The Hall–Kier alpha value is -2.23. The molecule has 0 unspecified atom stereocenters. The monoisotopic (exact) mass is 436 g/mol. The Morgan fingerprint density at radius 2 is 1.87 bits per heavy atom. The van der Waals surface area contributed by atoms with Crippen LogP contribution in [0.25, 0.3) is 0 Å². The molecule has 0 saturated carbocycles. The normalized spacial score (nSPS) is 21.6. The lowest BCUT2D eigenvalue weighted by Crippen LogP contribution is -2.37. The smallest absolute Gasteiger partial charge is 0.475 e. The van der Waals surface area contributed by atoms with E-state index in [0.717, 1.165) is 32.0 Å². The fraction of sp³-hybridized carbons (Fsp3) is 0.600. The van der Waals surface area contributed by atoms with Gasteiger partial charge in [-0.15, -0.1) is 0 Å². The molecular weight excluding hydrogens is 411 g/mol. The SMILES string of the molecule is CC(C)CCN1CC[C@H]2[C@@H]1CC(=O)N2Cc1cccc(F)c1F.O=C(O)C(F)(F)F. The number of hydrogen-bond acceptors (Lipinski definition) is 3. The zero-order chi connectivity index (χ0) is 22.6. The van der Waals surface area contributed by atoms with Gasteiger partial charge >= 0.3 is 12.1 Å². The number of amides is 1. The van der Waals surface area contributed by atoms with Crippen LogP contribution < -0.4 is 0 Å². The number of halogens is 5. The predicted molar refractivity (Wildman–Crippen MR) is 98.4 cm³/mol. The van der Waals surface area contributed by atoms with Crippen LogP contribution >= 0.6 is 0 Å². The highest BCUT2D eigenvalue weighted by molar-refractivity contribution is 5.80. The molecule has 2 heterocycles. The number of fused-ring (bicyclic) bond motifs is 1. The van der Waals surface area contributed by atoms with Crippen molar-refractivity contribution in [1.82, 2.24) is 9.80 Å². The standard InChI is InChI=1S/C18H24F2N2O.C2HF3O2/c1-12(2)6-8-21-9-7-15-16(21)10-17(23)22(15)11-13-4-3-5-14(19)18(13)20;3-2(4,5)1(6)7/h3-5,12,15-16H,6-11H2,1-2H3;(H,6,7)/t15-,16-;/m0./s1. The molecule has 1 amide bonds. The molecule has 1 aromatic rings. The first-order valence-electron chi connectivity index (χ1n) is 9.68. The van der Waals surface area contributed by atoms with E-state index in [2.05, 4.69) is 18.7 Å². The lowest BCUT2D eigenvalue weighted by molar-refractivity contribution is -0.192. The molecule has 2 aliphatic heterocycles. The largest absolute Gasteiger partial charge is 0.490 e. The average Bonchev–Trinajstić information content (AvgIpc) is 3.16. The summed E-state index contributed by atoms with van der Waals surface area (Å²) in [6, 6.07) is 4.53. The van der Waals surface area contributed by atoms with E-state index in [1.165, 1.54) is 6.07 Å². The van der Waals surface area contributed by atoms with Gasteiger partial charge in [-0.25, -0.2) is 13.6 Å². The van der Waals surface area contributed by atoms with Crippen molar-refractivity contribution in [3.05, 3.63) is 35.4 Å². The van der Waals surface area contributed by atoms with Gasteiger partial charge in [-0.05, 0) is 31.4 Å². The van der Waals surface area contributed by atoms with E-state index in [0.29, 0.717) is 12.3 Å². The number of nitrogens with zero attached hydrogens (tertiary/aromatic N) is 2. The number of carbonyl (C=O) groups is 2. The van der Waals surface area contributed by atoms with Gasteiger partial charge in [-0.1, -0.05) is 26.0 Å². The second-order valence-corrected chi connectivity index (χ2v) is 7.88. The number of carboxylic acid groups (broad SMARTS) is 1. The van der Waals surface area contributed by atoms with E-state index in [4.69, 9.17) is 9.90 Å². The Bertz CT molecular complexity index is 769. The van der Waals surface area contributed by atoms with Crippen molar-refractivity contribution in [2.45, 2.75) is 57.9 Å². The number of hydrogen-bond donors (Lipinski definition) is 1. The minimum absolute atomic E-state index is 0.0536. The third-order valence-electron chi connectivity index (χ3n) is 5.34. The minimum atomic E-state index is -5.08. The van der Waals surface area contributed by atoms with E-state index in [-0.39, 0.29) is 30.1 Å². The Kier molecular flexibility index (Phi) is 7.79. The van der Waals surface area contributed by atoms with Gasteiger partial charge in [0.25, 0.3) is 0 Å². The Morgan fingerprint density at radius 3 is 2.43 bits per heavy atom. The van der Waals surface area contributed by atoms with Crippen LogP contribution in [0, 0.1) is 17.6 Å². The van der Waals surface area contributed by atoms with Crippen molar-refractivity contribution in [2.75, 3.05) is 13.1 Å². The van der Waals surface area contributed by atoms with Crippen molar-refractivity contribution >= 4 is 11.9 Å². The minimum Gasteiger partial charge on any atom is -0.475 e. The lowest BCUT2D eigenvalue weighted by Gasteiger charge is -2.26. The topological polar surface area (TPSA) is 60.9 Å². The third-order valence-corrected chi connectivity index (χ3v) is 5.34. The van der Waals surface area contributed by atoms with Crippen molar-refractivity contribution in [3.63, 3.8) is 0 Å². The van der Waals surface area contributed by atoms with Crippen LogP contribution in [0.5, 0.6) is 0 Å². The third kappa shape index (κ3) is 5.90. The van der Waals surface area contributed by atoms with Crippen LogP contribution in [-0.2, 0) is 16.1 Å². The van der Waals surface area contributed by atoms with Gasteiger partial charge in [-0.3, -0.25) is 9.69 Å². The molecule has 1 N–H and O–H groups in total. The van der Waals surface area contributed by atoms with Crippen molar-refractivity contribution in [3.8, 4) is 0 Å². The first-order chi connectivity index (χ1) is 13.9. The molecule has 30 heavy (non-hydrogen) atoms. The van der Waals surface area contributed by atoms with Gasteiger partial charge < -0.3 is 10.0 Å². The summed E-state index contributed by atoms with van der Waals surface area (Å²) >= 11 is 0. The van der Waals surface area contributed by atoms with Gasteiger partial charge in [0.1, 0.15) is 0 Å². The summed E-state index contributed by atoms with van der Waals surface area (Å²) in [6.45, 7) is 6.56. The van der Waals surface area contributed by atoms with Crippen molar-refractivity contribution < 1.29 is 36.6 Å². The first kappa shape index (κ1) is 24.0. The zero-order valence-corrected chi connectivity index (χ0v) is 16.8. The van der Waals surface area contributed by atoms with Crippen LogP contribution in [-0.4, -0.2) is 58.1 Å². The highest BCUT2D eigenvalue weighted by Gasteiger charge is 2.46. The maximum atomic E-state index is 13.9. The van der Waals surface area contributed by atoms with Crippen LogP contribution in [0.4, 0.5) is 22.0 Å². The number of benzene rings is 1. The molecule has 0 spiro atoms. The summed E-state index contributed by atoms with van der Waals surface area (Å²) in [6.07, 6.45) is -2.54. The molecule has 1 aromatic carbocycles. The molecule has 10 heteroatoms. The van der Waals surface area contributed by atoms with Gasteiger partial charge in [0.15, 0.2) is 11.6 Å². The summed E-state index contributed by atoms with van der Waals surface area (Å²) in [5.74, 6) is -3.75. The number of aliphatic carboxylic acids is 1. The summed E-state index contributed by atoms with van der Waals surface area (Å²) in [5, 5.41) is 7.12.